The van der Waals surface area contributed by atoms with E-state index < -0.39 is 0 Å². The van der Waals surface area contributed by atoms with Gasteiger partial charge in [0.1, 0.15) is 23.0 Å². The maximum absolute atomic E-state index is 11.0. The molecule has 0 aliphatic carbocycles. The highest BCUT2D eigenvalue weighted by Crippen LogP contribution is 2.41. The summed E-state index contributed by atoms with van der Waals surface area (Å²) in [4.78, 5) is 0. The molecule has 0 aromatic heterocycles. The standard InChI is InChI=1S/C36H57ClO4/c1-5-7-15-30(16-11-9-13-26(3)19-28-21-32(38)25-33(39)22-28)36-34(40)23-29(24-35(36)41)20-27(4)14-10-12-18-31(37)17-8-6-2/h21-27,30-31,38-41H,5-20H2,1-4H3/t26?,27?,30-,31?/m0/s1. The molecule has 0 heterocycles. The second kappa shape index (κ2) is 19.2. The Kier molecular flexibility index (Phi) is 16.4. The molecule has 0 bridgehead atoms. The molecule has 4 atom stereocenters. The summed E-state index contributed by atoms with van der Waals surface area (Å²) < 4.78 is 0. The molecule has 3 unspecified atom stereocenters. The molecular weight excluding hydrogens is 532 g/mol. The van der Waals surface area contributed by atoms with Crippen molar-refractivity contribution in [3.8, 4) is 23.0 Å². The number of hydrogen-bond acceptors (Lipinski definition) is 4. The van der Waals surface area contributed by atoms with Crippen molar-refractivity contribution >= 4 is 11.6 Å². The van der Waals surface area contributed by atoms with Crippen LogP contribution in [0.25, 0.3) is 0 Å². The van der Waals surface area contributed by atoms with Crippen LogP contribution in [0.1, 0.15) is 140 Å². The number of unbranched alkanes of at least 4 members (excludes halogenated alkanes) is 4. The van der Waals surface area contributed by atoms with Crippen molar-refractivity contribution < 1.29 is 20.4 Å². The van der Waals surface area contributed by atoms with Gasteiger partial charge in [-0.3, -0.25) is 0 Å². The lowest BCUT2D eigenvalue weighted by molar-refractivity contribution is 0.403. The van der Waals surface area contributed by atoms with Gasteiger partial charge in [-0.2, -0.15) is 0 Å². The van der Waals surface area contributed by atoms with Gasteiger partial charge in [-0.1, -0.05) is 91.9 Å². The van der Waals surface area contributed by atoms with Gasteiger partial charge in [0.05, 0.1) is 0 Å². The lowest BCUT2D eigenvalue weighted by Gasteiger charge is -2.21. The van der Waals surface area contributed by atoms with Gasteiger partial charge in [0.15, 0.2) is 0 Å². The van der Waals surface area contributed by atoms with Gasteiger partial charge in [-0.15, -0.1) is 11.6 Å². The van der Waals surface area contributed by atoms with Crippen LogP contribution in [0.5, 0.6) is 23.0 Å². The number of phenolic OH excluding ortho intramolecular Hbond substituents is 4. The van der Waals surface area contributed by atoms with Gasteiger partial charge < -0.3 is 20.4 Å². The SMILES string of the molecule is CCCCC(Cl)CCCCC(C)Cc1cc(O)c([C@@H](CCCC)CCCCC(C)Cc2cc(O)cc(O)c2)c(O)c1. The molecule has 41 heavy (non-hydrogen) atoms. The summed E-state index contributed by atoms with van der Waals surface area (Å²) in [5.74, 6) is 1.76. The summed E-state index contributed by atoms with van der Waals surface area (Å²) in [6.07, 6.45) is 17.0. The maximum atomic E-state index is 11.0. The fourth-order valence-corrected chi connectivity index (χ4v) is 6.50. The number of hydrogen-bond donors (Lipinski definition) is 4. The van der Waals surface area contributed by atoms with Crippen LogP contribution in [0.3, 0.4) is 0 Å². The summed E-state index contributed by atoms with van der Waals surface area (Å²) in [7, 11) is 0. The average Bonchev–Trinajstić information content (AvgIpc) is 2.89. The van der Waals surface area contributed by atoms with E-state index in [9.17, 15) is 20.4 Å². The van der Waals surface area contributed by atoms with Crippen LogP contribution in [-0.4, -0.2) is 25.8 Å². The van der Waals surface area contributed by atoms with E-state index in [0.29, 0.717) is 17.2 Å². The third-order valence-corrected chi connectivity index (χ3v) is 8.91. The molecule has 0 spiro atoms. The molecular formula is C36H57ClO4. The monoisotopic (exact) mass is 588 g/mol. The first kappa shape index (κ1) is 35.1. The summed E-state index contributed by atoms with van der Waals surface area (Å²) in [6.45, 7) is 8.85. The first-order valence-electron chi connectivity index (χ1n) is 16.3. The number of benzene rings is 2. The maximum Gasteiger partial charge on any atom is 0.123 e. The molecule has 0 aliphatic heterocycles. The van der Waals surface area contributed by atoms with Gasteiger partial charge in [-0.05, 0) is 91.7 Å². The van der Waals surface area contributed by atoms with Gasteiger partial charge in [0.2, 0.25) is 0 Å². The Morgan fingerprint density at radius 1 is 0.561 bits per heavy atom. The van der Waals surface area contributed by atoms with Crippen LogP contribution in [0.2, 0.25) is 0 Å². The zero-order valence-corrected chi connectivity index (χ0v) is 26.9. The third kappa shape index (κ3) is 13.6. The number of alkyl halides is 1. The van der Waals surface area contributed by atoms with E-state index in [1.165, 1.54) is 25.3 Å². The highest BCUT2D eigenvalue weighted by atomic mass is 35.5. The lowest BCUT2D eigenvalue weighted by Crippen LogP contribution is -2.05. The van der Waals surface area contributed by atoms with Crippen molar-refractivity contribution in [3.63, 3.8) is 0 Å². The largest absolute Gasteiger partial charge is 0.508 e. The van der Waals surface area contributed by atoms with E-state index in [1.54, 1.807) is 12.1 Å². The van der Waals surface area contributed by atoms with Crippen molar-refractivity contribution in [3.05, 3.63) is 47.0 Å². The summed E-state index contributed by atoms with van der Waals surface area (Å²) >= 11 is 6.43. The van der Waals surface area contributed by atoms with Crippen LogP contribution >= 0.6 is 11.6 Å². The van der Waals surface area contributed by atoms with Gasteiger partial charge >= 0.3 is 0 Å². The quantitative estimate of drug-likeness (QED) is 0.0863. The minimum atomic E-state index is 0.101. The van der Waals surface area contributed by atoms with E-state index in [1.807, 2.05) is 12.1 Å². The van der Waals surface area contributed by atoms with Crippen LogP contribution in [0.15, 0.2) is 30.3 Å². The highest BCUT2D eigenvalue weighted by molar-refractivity contribution is 6.20. The highest BCUT2D eigenvalue weighted by Gasteiger charge is 2.21. The second-order valence-corrected chi connectivity index (χ2v) is 13.3. The normalized spacial score (nSPS) is 14.6. The van der Waals surface area contributed by atoms with E-state index in [4.69, 9.17) is 11.6 Å². The van der Waals surface area contributed by atoms with Crippen molar-refractivity contribution in [2.24, 2.45) is 11.8 Å². The van der Waals surface area contributed by atoms with E-state index in [0.717, 1.165) is 100 Å². The zero-order chi connectivity index (χ0) is 30.2. The van der Waals surface area contributed by atoms with E-state index >= 15 is 0 Å². The minimum absolute atomic E-state index is 0.101. The first-order chi connectivity index (χ1) is 19.6. The predicted octanol–water partition coefficient (Wildman–Crippen LogP) is 10.8. The Labute approximate surface area is 255 Å². The Hall–Kier alpha value is -2.07. The molecule has 232 valence electrons. The molecule has 0 saturated carbocycles. The summed E-state index contributed by atoms with van der Waals surface area (Å²) in [6, 6.07) is 8.57. The Morgan fingerprint density at radius 3 is 1.51 bits per heavy atom. The number of halogens is 1. The van der Waals surface area contributed by atoms with E-state index in [-0.39, 0.29) is 28.9 Å². The molecule has 2 rings (SSSR count). The van der Waals surface area contributed by atoms with Gasteiger partial charge in [-0.25, -0.2) is 0 Å². The molecule has 2 aromatic carbocycles. The first-order valence-corrected chi connectivity index (χ1v) is 16.8. The van der Waals surface area contributed by atoms with E-state index in [2.05, 4.69) is 27.7 Å². The Morgan fingerprint density at radius 2 is 0.976 bits per heavy atom. The lowest BCUT2D eigenvalue weighted by atomic mass is 9.85. The molecule has 0 aliphatic rings. The number of rotatable bonds is 21. The topological polar surface area (TPSA) is 80.9 Å². The average molecular weight is 589 g/mol. The van der Waals surface area contributed by atoms with Crippen LogP contribution in [-0.2, 0) is 12.8 Å². The molecule has 4 N–H and O–H groups in total. The molecule has 5 heteroatoms. The van der Waals surface area contributed by atoms with Crippen LogP contribution < -0.4 is 0 Å². The van der Waals surface area contributed by atoms with Crippen molar-refractivity contribution in [1.82, 2.24) is 0 Å². The number of aromatic hydroxyl groups is 4. The predicted molar refractivity (Wildman–Crippen MR) is 174 cm³/mol. The zero-order valence-electron chi connectivity index (χ0n) is 26.2. The molecule has 0 saturated heterocycles. The van der Waals surface area contributed by atoms with Crippen molar-refractivity contribution in [2.75, 3.05) is 0 Å². The second-order valence-electron chi connectivity index (χ2n) is 12.7. The Bertz CT molecular complexity index is 964. The van der Waals surface area contributed by atoms with Crippen molar-refractivity contribution in [1.29, 1.82) is 0 Å². The minimum Gasteiger partial charge on any atom is -0.508 e. The molecule has 4 nitrogen and oxygen atoms in total. The summed E-state index contributed by atoms with van der Waals surface area (Å²) in [5.41, 5.74) is 2.68. The Balaban J connectivity index is 1.88. The molecule has 0 amide bonds. The fourth-order valence-electron chi connectivity index (χ4n) is 6.19. The van der Waals surface area contributed by atoms with Crippen LogP contribution in [0.4, 0.5) is 0 Å². The van der Waals surface area contributed by atoms with Crippen LogP contribution in [0, 0.1) is 11.8 Å². The molecule has 0 radical (unpaired) electrons. The molecule has 0 fully saturated rings. The number of phenols is 4. The van der Waals surface area contributed by atoms with Gasteiger partial charge in [0, 0.05) is 17.0 Å². The van der Waals surface area contributed by atoms with Gasteiger partial charge in [0.25, 0.3) is 0 Å². The summed E-state index contributed by atoms with van der Waals surface area (Å²) in [5, 5.41) is 41.9. The smallest absolute Gasteiger partial charge is 0.123 e. The molecule has 2 aromatic rings. The fraction of sp³-hybridized carbons (Fsp3) is 0.667. The third-order valence-electron chi connectivity index (χ3n) is 8.48. The van der Waals surface area contributed by atoms with Crippen molar-refractivity contribution in [2.45, 2.75) is 142 Å².